The Morgan fingerprint density at radius 2 is 2.00 bits per heavy atom. The molecule has 1 aromatic carbocycles. The fourth-order valence-corrected chi connectivity index (χ4v) is 3.51. The van der Waals surface area contributed by atoms with E-state index < -0.39 is 15.9 Å². The molecule has 0 fully saturated rings. The summed E-state index contributed by atoms with van der Waals surface area (Å²) in [6.07, 6.45) is 1.23. The summed E-state index contributed by atoms with van der Waals surface area (Å²) in [5.41, 5.74) is 0.559. The Hall–Kier alpha value is -3.01. The number of carbonyl (C=O) groups excluding carboxylic acids is 1. The zero-order valence-corrected chi connectivity index (χ0v) is 14.3. The zero-order valence-electron chi connectivity index (χ0n) is 13.5. The molecule has 0 aliphatic heterocycles. The van der Waals surface area contributed by atoms with Gasteiger partial charge in [-0.1, -0.05) is 23.4 Å². The lowest BCUT2D eigenvalue weighted by molar-refractivity contribution is 0.0941. The van der Waals surface area contributed by atoms with Crippen LogP contribution in [0.4, 0.5) is 0 Å². The molecule has 2 heterocycles. The molecule has 0 spiro atoms. The minimum absolute atomic E-state index is 0.0249. The van der Waals surface area contributed by atoms with E-state index in [9.17, 15) is 13.2 Å². The van der Waals surface area contributed by atoms with Gasteiger partial charge in [0.05, 0.1) is 11.4 Å². The predicted molar refractivity (Wildman–Crippen MR) is 86.2 cm³/mol. The molecule has 25 heavy (non-hydrogen) atoms. The van der Waals surface area contributed by atoms with Crippen LogP contribution in [0.15, 0.2) is 45.9 Å². The monoisotopic (exact) mass is 361 g/mol. The van der Waals surface area contributed by atoms with E-state index in [2.05, 4.69) is 20.6 Å². The van der Waals surface area contributed by atoms with Gasteiger partial charge >= 0.3 is 0 Å². The van der Waals surface area contributed by atoms with Crippen LogP contribution >= 0.6 is 0 Å². The number of hydrogen-bond acceptors (Lipinski definition) is 7. The van der Waals surface area contributed by atoms with Crippen LogP contribution in [0.1, 0.15) is 27.8 Å². The van der Waals surface area contributed by atoms with Crippen LogP contribution in [0.2, 0.25) is 0 Å². The van der Waals surface area contributed by atoms with Crippen LogP contribution in [-0.4, -0.2) is 33.7 Å². The number of aryl methyl sites for hydroxylation is 2. The molecule has 2 aromatic heterocycles. The van der Waals surface area contributed by atoms with E-state index in [1.807, 2.05) is 0 Å². The minimum Gasteiger partial charge on any atom is -0.342 e. The number of hydrogen-bond donors (Lipinski definition) is 1. The lowest BCUT2D eigenvalue weighted by Gasteiger charge is -2.07. The molecular formula is C15H15N5O4S. The maximum absolute atomic E-state index is 12.6. The van der Waals surface area contributed by atoms with Crippen molar-refractivity contribution in [3.05, 3.63) is 59.5 Å². The fraction of sp³-hybridized carbons (Fsp3) is 0.200. The SMILES string of the molecule is Cc1noc(CNC(=O)c2ccn(S(=O)(=O)c3ccccc3C)n2)n1. The lowest BCUT2D eigenvalue weighted by atomic mass is 10.2. The van der Waals surface area contributed by atoms with E-state index in [4.69, 9.17) is 4.52 Å². The summed E-state index contributed by atoms with van der Waals surface area (Å²) in [7, 11) is -3.86. The maximum Gasteiger partial charge on any atom is 0.283 e. The van der Waals surface area contributed by atoms with Gasteiger partial charge in [-0.3, -0.25) is 4.79 Å². The van der Waals surface area contributed by atoms with Crippen molar-refractivity contribution in [1.29, 1.82) is 0 Å². The number of carbonyl (C=O) groups is 1. The van der Waals surface area contributed by atoms with Gasteiger partial charge in [-0.05, 0) is 31.5 Å². The van der Waals surface area contributed by atoms with E-state index >= 15 is 0 Å². The van der Waals surface area contributed by atoms with Gasteiger partial charge in [-0.15, -0.1) is 0 Å². The van der Waals surface area contributed by atoms with E-state index in [1.165, 1.54) is 18.3 Å². The number of amides is 1. The Morgan fingerprint density at radius 1 is 1.24 bits per heavy atom. The first-order chi connectivity index (χ1) is 11.9. The smallest absolute Gasteiger partial charge is 0.283 e. The fourth-order valence-electron chi connectivity index (χ4n) is 2.17. The predicted octanol–water partition coefficient (Wildman–Crippen LogP) is 1.05. The quantitative estimate of drug-likeness (QED) is 0.721. The van der Waals surface area contributed by atoms with Crippen molar-refractivity contribution in [2.45, 2.75) is 25.3 Å². The first-order valence-electron chi connectivity index (χ1n) is 7.32. The Balaban J connectivity index is 1.77. The standard InChI is InChI=1S/C15H15N5O4S/c1-10-5-3-4-6-13(10)25(22,23)20-8-7-12(18-20)15(21)16-9-14-17-11(2)19-24-14/h3-8H,9H2,1-2H3,(H,16,21). The Labute approximate surface area is 143 Å². The molecule has 3 rings (SSSR count). The molecule has 3 aromatic rings. The molecule has 0 aliphatic rings. The average molecular weight is 361 g/mol. The number of aromatic nitrogens is 4. The molecule has 0 radical (unpaired) electrons. The van der Waals surface area contributed by atoms with Crippen molar-refractivity contribution in [2.24, 2.45) is 0 Å². The topological polar surface area (TPSA) is 120 Å². The Morgan fingerprint density at radius 3 is 2.68 bits per heavy atom. The van der Waals surface area contributed by atoms with Crippen LogP contribution in [0.5, 0.6) is 0 Å². The van der Waals surface area contributed by atoms with Crippen LogP contribution in [0.3, 0.4) is 0 Å². The highest BCUT2D eigenvalue weighted by Crippen LogP contribution is 2.17. The highest BCUT2D eigenvalue weighted by atomic mass is 32.2. The van der Waals surface area contributed by atoms with Crippen molar-refractivity contribution in [2.75, 3.05) is 0 Å². The molecule has 0 saturated heterocycles. The molecule has 1 amide bonds. The third kappa shape index (κ3) is 3.43. The van der Waals surface area contributed by atoms with Gasteiger partial charge in [0.2, 0.25) is 5.89 Å². The van der Waals surface area contributed by atoms with Crippen LogP contribution < -0.4 is 5.32 Å². The number of benzene rings is 1. The summed E-state index contributed by atoms with van der Waals surface area (Å²) in [6.45, 7) is 3.38. The first-order valence-corrected chi connectivity index (χ1v) is 8.76. The Kier molecular flexibility index (Phi) is 4.36. The third-order valence-corrected chi connectivity index (χ3v) is 5.10. The van der Waals surface area contributed by atoms with E-state index in [0.717, 1.165) is 4.09 Å². The lowest BCUT2D eigenvalue weighted by Crippen LogP contribution is -2.24. The summed E-state index contributed by atoms with van der Waals surface area (Å²) >= 11 is 0. The molecule has 130 valence electrons. The zero-order chi connectivity index (χ0) is 18.0. The van der Waals surface area contributed by atoms with Crippen molar-refractivity contribution >= 4 is 15.9 Å². The number of rotatable bonds is 5. The summed E-state index contributed by atoms with van der Waals surface area (Å²) in [6, 6.07) is 7.88. The van der Waals surface area contributed by atoms with Gasteiger partial charge in [0.1, 0.15) is 0 Å². The summed E-state index contributed by atoms with van der Waals surface area (Å²) in [5.74, 6) is 0.158. The van der Waals surface area contributed by atoms with E-state index in [0.29, 0.717) is 11.4 Å². The normalized spacial score (nSPS) is 11.4. The van der Waals surface area contributed by atoms with Gasteiger partial charge < -0.3 is 9.84 Å². The highest BCUT2D eigenvalue weighted by Gasteiger charge is 2.21. The van der Waals surface area contributed by atoms with Crippen LogP contribution in [-0.2, 0) is 16.6 Å². The molecule has 1 N–H and O–H groups in total. The van der Waals surface area contributed by atoms with E-state index in [-0.39, 0.29) is 23.0 Å². The van der Waals surface area contributed by atoms with Crippen LogP contribution in [0.25, 0.3) is 0 Å². The van der Waals surface area contributed by atoms with Gasteiger partial charge in [-0.25, -0.2) is 0 Å². The average Bonchev–Trinajstić information content (AvgIpc) is 3.22. The summed E-state index contributed by atoms with van der Waals surface area (Å²) < 4.78 is 30.9. The summed E-state index contributed by atoms with van der Waals surface area (Å²) in [5, 5.41) is 10.0. The van der Waals surface area contributed by atoms with E-state index in [1.54, 1.807) is 32.0 Å². The largest absolute Gasteiger partial charge is 0.342 e. The molecule has 10 heteroatoms. The van der Waals surface area contributed by atoms with Crippen molar-refractivity contribution < 1.29 is 17.7 Å². The van der Waals surface area contributed by atoms with Gasteiger partial charge in [0.15, 0.2) is 11.5 Å². The number of nitrogens with zero attached hydrogens (tertiary/aromatic N) is 4. The second kappa shape index (κ2) is 6.48. The molecule has 9 nitrogen and oxygen atoms in total. The molecule has 0 saturated carbocycles. The highest BCUT2D eigenvalue weighted by molar-refractivity contribution is 7.89. The van der Waals surface area contributed by atoms with Crippen molar-refractivity contribution in [3.8, 4) is 0 Å². The molecule has 0 unspecified atom stereocenters. The summed E-state index contributed by atoms with van der Waals surface area (Å²) in [4.78, 5) is 16.2. The molecular weight excluding hydrogens is 346 g/mol. The molecule has 0 aliphatic carbocycles. The molecule has 0 atom stereocenters. The first kappa shape index (κ1) is 16.8. The molecule has 0 bridgehead atoms. The number of nitrogens with one attached hydrogen (secondary N) is 1. The minimum atomic E-state index is -3.86. The Bertz CT molecular complexity index is 1020. The van der Waals surface area contributed by atoms with Crippen molar-refractivity contribution in [3.63, 3.8) is 0 Å². The van der Waals surface area contributed by atoms with Crippen molar-refractivity contribution in [1.82, 2.24) is 24.6 Å². The second-order valence-corrected chi connectivity index (χ2v) is 7.03. The second-order valence-electron chi connectivity index (χ2n) is 5.26. The maximum atomic E-state index is 12.6. The third-order valence-electron chi connectivity index (χ3n) is 3.39. The van der Waals surface area contributed by atoms with Gasteiger partial charge in [-0.2, -0.15) is 22.6 Å². The van der Waals surface area contributed by atoms with Gasteiger partial charge in [0.25, 0.3) is 15.9 Å². The van der Waals surface area contributed by atoms with Gasteiger partial charge in [0, 0.05) is 6.20 Å². The van der Waals surface area contributed by atoms with Crippen LogP contribution in [0, 0.1) is 13.8 Å².